The molecule has 0 spiro atoms. The van der Waals surface area contributed by atoms with Gasteiger partial charge in [0.25, 0.3) is 0 Å². The van der Waals surface area contributed by atoms with Crippen molar-refractivity contribution in [2.45, 2.75) is 44.8 Å². The van der Waals surface area contributed by atoms with E-state index >= 15 is 0 Å². The van der Waals surface area contributed by atoms with E-state index in [0.29, 0.717) is 24.9 Å². The Morgan fingerprint density at radius 3 is 2.67 bits per heavy atom. The maximum absolute atomic E-state index is 13.9. The van der Waals surface area contributed by atoms with E-state index in [4.69, 9.17) is 21.3 Å². The number of allylic oxidation sites excluding steroid dienone is 2. The molecule has 0 radical (unpaired) electrons. The summed E-state index contributed by atoms with van der Waals surface area (Å²) in [5.74, 6) is -1.55. The molecule has 0 fully saturated rings. The molecule has 2 aliphatic heterocycles. The molecule has 15 heteroatoms. The van der Waals surface area contributed by atoms with Gasteiger partial charge in [0, 0.05) is 36.5 Å². The van der Waals surface area contributed by atoms with Gasteiger partial charge in [0.1, 0.15) is 12.4 Å². The topological polar surface area (TPSA) is 138 Å². The number of benzene rings is 1. The molecule has 5 N–H and O–H groups in total. The van der Waals surface area contributed by atoms with Gasteiger partial charge in [-0.25, -0.2) is 9.48 Å². The van der Waals surface area contributed by atoms with Crippen LogP contribution >= 0.6 is 0 Å². The number of carboxylic acids is 1. The van der Waals surface area contributed by atoms with Gasteiger partial charge in [-0.05, 0) is 43.4 Å². The first-order valence-corrected chi connectivity index (χ1v) is 12.0. The number of hydrogen-bond acceptors (Lipinski definition) is 8. The SMILES string of the molecule is C=C(CCCN1CCCc2c(C(F)(F)F)nn(C(/C=C(\N)OCc3ccc4c(c3)OC(F)(F)O4)=C/N)c21)C(=O)O. The largest absolute Gasteiger partial charge is 0.586 e. The van der Waals surface area contributed by atoms with Gasteiger partial charge in [0.15, 0.2) is 23.1 Å². The Bertz CT molecular complexity index is 1370. The maximum Gasteiger partial charge on any atom is 0.586 e. The number of rotatable bonds is 10. The van der Waals surface area contributed by atoms with Crippen molar-refractivity contribution in [2.24, 2.45) is 11.5 Å². The average Bonchev–Trinajstić information content (AvgIpc) is 3.42. The van der Waals surface area contributed by atoms with E-state index in [1.807, 2.05) is 0 Å². The number of fused-ring (bicyclic) bond motifs is 2. The Hall–Kier alpha value is -4.43. The zero-order valence-corrected chi connectivity index (χ0v) is 21.0. The van der Waals surface area contributed by atoms with E-state index in [1.54, 1.807) is 4.90 Å². The van der Waals surface area contributed by atoms with Crippen LogP contribution in [0.1, 0.15) is 36.1 Å². The number of carboxylic acid groups (broad SMARTS) is 1. The number of anilines is 1. The minimum atomic E-state index is -4.74. The van der Waals surface area contributed by atoms with Crippen molar-refractivity contribution in [3.8, 4) is 11.5 Å². The second-order valence-corrected chi connectivity index (χ2v) is 9.04. The number of hydrogen-bond donors (Lipinski definition) is 3. The fourth-order valence-corrected chi connectivity index (χ4v) is 4.38. The van der Waals surface area contributed by atoms with Gasteiger partial charge in [-0.15, -0.1) is 8.78 Å². The quantitative estimate of drug-likeness (QED) is 0.166. The number of halogens is 5. The smallest absolute Gasteiger partial charge is 0.478 e. The van der Waals surface area contributed by atoms with Gasteiger partial charge in [0.2, 0.25) is 0 Å². The van der Waals surface area contributed by atoms with Crippen LogP contribution in [0.2, 0.25) is 0 Å². The molecule has 0 unspecified atom stereocenters. The third-order valence-electron chi connectivity index (χ3n) is 6.16. The summed E-state index contributed by atoms with van der Waals surface area (Å²) in [6.45, 7) is 3.95. The third kappa shape index (κ3) is 6.24. The van der Waals surface area contributed by atoms with Crippen molar-refractivity contribution < 1.29 is 46.1 Å². The second kappa shape index (κ2) is 11.0. The number of carbonyl (C=O) groups is 1. The van der Waals surface area contributed by atoms with Crippen LogP contribution in [-0.2, 0) is 28.7 Å². The Morgan fingerprint density at radius 1 is 1.27 bits per heavy atom. The summed E-state index contributed by atoms with van der Waals surface area (Å²) >= 11 is 0. The van der Waals surface area contributed by atoms with Crippen LogP contribution in [0.4, 0.5) is 27.8 Å². The zero-order chi connectivity index (χ0) is 29.2. The molecule has 0 bridgehead atoms. The van der Waals surface area contributed by atoms with Gasteiger partial charge in [-0.2, -0.15) is 18.3 Å². The van der Waals surface area contributed by atoms with E-state index < -0.39 is 24.1 Å². The second-order valence-electron chi connectivity index (χ2n) is 9.04. The lowest BCUT2D eigenvalue weighted by atomic mass is 10.0. The highest BCUT2D eigenvalue weighted by Gasteiger charge is 2.43. The highest BCUT2D eigenvalue weighted by atomic mass is 19.4. The molecule has 0 saturated heterocycles. The van der Waals surface area contributed by atoms with E-state index in [9.17, 15) is 26.7 Å². The first-order valence-electron chi connectivity index (χ1n) is 12.0. The third-order valence-corrected chi connectivity index (χ3v) is 6.16. The lowest BCUT2D eigenvalue weighted by molar-refractivity contribution is -0.286. The van der Waals surface area contributed by atoms with Gasteiger partial charge in [0.05, 0.1) is 5.70 Å². The Kier molecular flexibility index (Phi) is 7.84. The summed E-state index contributed by atoms with van der Waals surface area (Å²) in [5.41, 5.74) is 11.0. The summed E-state index contributed by atoms with van der Waals surface area (Å²) in [5, 5.41) is 12.8. The first-order chi connectivity index (χ1) is 18.8. The Balaban J connectivity index is 1.56. The van der Waals surface area contributed by atoms with Crippen LogP contribution < -0.4 is 25.8 Å². The fourth-order valence-electron chi connectivity index (χ4n) is 4.38. The molecule has 2 aromatic rings. The maximum atomic E-state index is 13.9. The van der Waals surface area contributed by atoms with Crippen molar-refractivity contribution in [3.05, 3.63) is 65.3 Å². The van der Waals surface area contributed by atoms with E-state index in [2.05, 4.69) is 21.2 Å². The first kappa shape index (κ1) is 28.6. The average molecular weight is 572 g/mol. The Morgan fingerprint density at radius 2 is 2.00 bits per heavy atom. The standard InChI is InChI=1S/C25H26F5N5O5/c1-14(23(36)37)4-2-8-34-9-3-5-17-21(24(26,27)28)33-35(22(17)34)16(12-31)11-20(32)38-13-15-6-7-18-19(10-15)40-25(29,30)39-18/h6-7,10-12H,1-5,8-9,13,31-32H2,(H,36,37)/b16-12+,20-11+. The van der Waals surface area contributed by atoms with Crippen LogP contribution in [0.15, 0.2) is 48.5 Å². The summed E-state index contributed by atoms with van der Waals surface area (Å²) in [7, 11) is 0. The van der Waals surface area contributed by atoms with Gasteiger partial charge in [-0.1, -0.05) is 12.6 Å². The van der Waals surface area contributed by atoms with Crippen molar-refractivity contribution in [1.82, 2.24) is 9.78 Å². The molecule has 4 rings (SSSR count). The number of aromatic nitrogens is 2. The Labute approximate surface area is 224 Å². The molecule has 1 aromatic carbocycles. The molecule has 10 nitrogen and oxygen atoms in total. The van der Waals surface area contributed by atoms with Crippen LogP contribution in [0.5, 0.6) is 11.5 Å². The summed E-state index contributed by atoms with van der Waals surface area (Å²) < 4.78 is 83.4. The summed E-state index contributed by atoms with van der Waals surface area (Å²) in [4.78, 5) is 12.7. The van der Waals surface area contributed by atoms with Crippen molar-refractivity contribution in [3.63, 3.8) is 0 Å². The normalized spacial score (nSPS) is 16.6. The predicted octanol–water partition coefficient (Wildman–Crippen LogP) is 4.17. The molecule has 0 amide bonds. The van der Waals surface area contributed by atoms with E-state index in [1.165, 1.54) is 24.3 Å². The van der Waals surface area contributed by atoms with Gasteiger partial charge < -0.3 is 35.7 Å². The number of alkyl halides is 5. The molecule has 0 atom stereocenters. The molecule has 3 heterocycles. The van der Waals surface area contributed by atoms with Crippen molar-refractivity contribution in [2.75, 3.05) is 18.0 Å². The minimum Gasteiger partial charge on any atom is -0.478 e. The van der Waals surface area contributed by atoms with Crippen LogP contribution in [-0.4, -0.2) is 40.2 Å². The molecule has 0 saturated carbocycles. The number of ether oxygens (including phenoxy) is 3. The zero-order valence-electron chi connectivity index (χ0n) is 21.0. The molecular weight excluding hydrogens is 545 g/mol. The fraction of sp³-hybridized carbons (Fsp3) is 0.360. The highest BCUT2D eigenvalue weighted by Crippen LogP contribution is 2.42. The minimum absolute atomic E-state index is 0.00621. The van der Waals surface area contributed by atoms with E-state index in [0.717, 1.165) is 10.9 Å². The summed E-state index contributed by atoms with van der Waals surface area (Å²) in [6, 6.07) is 4.00. The molecule has 216 valence electrons. The molecule has 0 aliphatic carbocycles. The molecular formula is C25H26F5N5O5. The molecule has 40 heavy (non-hydrogen) atoms. The number of aliphatic carboxylic acids is 1. The molecule has 1 aromatic heterocycles. The summed E-state index contributed by atoms with van der Waals surface area (Å²) in [6.07, 6.45) is -5.26. The molecule has 2 aliphatic rings. The number of nitrogens with zero attached hydrogens (tertiary/aromatic N) is 3. The lowest BCUT2D eigenvalue weighted by Gasteiger charge is -2.30. The predicted molar refractivity (Wildman–Crippen MR) is 132 cm³/mol. The van der Waals surface area contributed by atoms with Crippen molar-refractivity contribution in [1.29, 1.82) is 0 Å². The monoisotopic (exact) mass is 571 g/mol. The highest BCUT2D eigenvalue weighted by molar-refractivity contribution is 5.85. The van der Waals surface area contributed by atoms with E-state index in [-0.39, 0.29) is 66.0 Å². The van der Waals surface area contributed by atoms with Crippen LogP contribution in [0.3, 0.4) is 0 Å². The van der Waals surface area contributed by atoms with Crippen molar-refractivity contribution >= 4 is 17.5 Å². The van der Waals surface area contributed by atoms with Crippen LogP contribution in [0.25, 0.3) is 5.70 Å². The number of nitrogens with two attached hydrogens (primary N) is 2. The lowest BCUT2D eigenvalue weighted by Crippen LogP contribution is -2.32. The van der Waals surface area contributed by atoms with Gasteiger partial charge in [-0.3, -0.25) is 0 Å². The van der Waals surface area contributed by atoms with Gasteiger partial charge >= 0.3 is 18.4 Å². The van der Waals surface area contributed by atoms with Crippen LogP contribution in [0, 0.1) is 0 Å².